The van der Waals surface area contributed by atoms with Crippen molar-refractivity contribution in [2.75, 3.05) is 25.0 Å². The maximum atomic E-state index is 11.9. The van der Waals surface area contributed by atoms with Crippen LogP contribution in [0.25, 0.3) is 0 Å². The number of carbonyl (C=O) groups is 1. The van der Waals surface area contributed by atoms with Crippen molar-refractivity contribution in [2.24, 2.45) is 0 Å². The second-order valence-electron chi connectivity index (χ2n) is 4.45. The van der Waals surface area contributed by atoms with Crippen molar-refractivity contribution in [3.63, 3.8) is 0 Å². The summed E-state index contributed by atoms with van der Waals surface area (Å²) in [4.78, 5) is 18.0. The summed E-state index contributed by atoms with van der Waals surface area (Å²) in [5.74, 6) is 0.861. The van der Waals surface area contributed by atoms with Gasteiger partial charge in [-0.3, -0.25) is 4.79 Å². The Balaban J connectivity index is 1.75. The highest BCUT2D eigenvalue weighted by Crippen LogP contribution is 2.17. The van der Waals surface area contributed by atoms with Crippen LogP contribution < -0.4 is 5.32 Å². The number of rotatable bonds is 4. The highest BCUT2D eigenvalue weighted by Gasteiger charge is 2.15. The number of nitrogens with one attached hydrogen (secondary N) is 1. The molecule has 1 aliphatic heterocycles. The van der Waals surface area contributed by atoms with Crippen LogP contribution in [-0.4, -0.2) is 35.4 Å². The number of hydrogen-bond acceptors (Lipinski definition) is 3. The van der Waals surface area contributed by atoms with E-state index < -0.39 is 0 Å². The fourth-order valence-corrected chi connectivity index (χ4v) is 2.29. The van der Waals surface area contributed by atoms with Crippen LogP contribution in [0.1, 0.15) is 25.7 Å². The van der Waals surface area contributed by atoms with Gasteiger partial charge in [-0.25, -0.2) is 4.98 Å². The number of aromatic nitrogens is 1. The maximum Gasteiger partial charge on any atom is 0.224 e. The summed E-state index contributed by atoms with van der Waals surface area (Å²) in [7, 11) is 0. The van der Waals surface area contributed by atoms with E-state index in [1.807, 2.05) is 4.90 Å². The first-order valence-corrected chi connectivity index (χ1v) is 6.77. The molecule has 0 unspecified atom stereocenters. The van der Waals surface area contributed by atoms with Crippen molar-refractivity contribution < 1.29 is 4.79 Å². The third-order valence-corrected chi connectivity index (χ3v) is 3.40. The summed E-state index contributed by atoms with van der Waals surface area (Å²) in [5.41, 5.74) is 0. The van der Waals surface area contributed by atoms with Crippen LogP contribution in [0.4, 0.5) is 5.82 Å². The van der Waals surface area contributed by atoms with Gasteiger partial charge in [0.25, 0.3) is 0 Å². The summed E-state index contributed by atoms with van der Waals surface area (Å²) < 4.78 is 0. The van der Waals surface area contributed by atoms with E-state index in [2.05, 4.69) is 10.3 Å². The van der Waals surface area contributed by atoms with Gasteiger partial charge in [-0.2, -0.15) is 0 Å². The molecular formula is C13H18ClN3O. The minimum atomic E-state index is 0.217. The average molecular weight is 268 g/mol. The first-order valence-electron chi connectivity index (χ1n) is 6.39. The molecule has 0 radical (unpaired) electrons. The first-order chi connectivity index (χ1) is 8.77. The molecule has 1 saturated heterocycles. The lowest BCUT2D eigenvalue weighted by Crippen LogP contribution is -2.36. The minimum absolute atomic E-state index is 0.217. The van der Waals surface area contributed by atoms with Crippen molar-refractivity contribution in [1.82, 2.24) is 9.88 Å². The lowest BCUT2D eigenvalue weighted by molar-refractivity contribution is -0.131. The second-order valence-corrected chi connectivity index (χ2v) is 4.86. The molecule has 0 bridgehead atoms. The molecule has 4 nitrogen and oxygen atoms in total. The van der Waals surface area contributed by atoms with Crippen LogP contribution >= 0.6 is 11.6 Å². The van der Waals surface area contributed by atoms with E-state index in [-0.39, 0.29) is 5.91 Å². The van der Waals surface area contributed by atoms with E-state index in [1.165, 1.54) is 6.42 Å². The zero-order valence-electron chi connectivity index (χ0n) is 10.4. The monoisotopic (exact) mass is 267 g/mol. The largest absolute Gasteiger partial charge is 0.368 e. The van der Waals surface area contributed by atoms with E-state index in [0.29, 0.717) is 23.8 Å². The van der Waals surface area contributed by atoms with Crippen LogP contribution in [0.3, 0.4) is 0 Å². The van der Waals surface area contributed by atoms with E-state index >= 15 is 0 Å². The Morgan fingerprint density at radius 1 is 1.39 bits per heavy atom. The van der Waals surface area contributed by atoms with Gasteiger partial charge in [0, 0.05) is 32.3 Å². The highest BCUT2D eigenvalue weighted by molar-refractivity contribution is 6.32. The topological polar surface area (TPSA) is 45.2 Å². The molecule has 18 heavy (non-hydrogen) atoms. The molecule has 1 aliphatic rings. The Morgan fingerprint density at radius 2 is 2.17 bits per heavy atom. The summed E-state index contributed by atoms with van der Waals surface area (Å²) in [5, 5.41) is 3.68. The predicted octanol–water partition coefficient (Wildman–Crippen LogP) is 2.55. The van der Waals surface area contributed by atoms with Crippen LogP contribution in [-0.2, 0) is 4.79 Å². The molecule has 2 heterocycles. The maximum absolute atomic E-state index is 11.9. The molecule has 0 atom stereocenters. The Bertz CT molecular complexity index is 405. The number of piperidine rings is 1. The summed E-state index contributed by atoms with van der Waals surface area (Å²) in [6.45, 7) is 2.39. The Labute approximate surface area is 112 Å². The van der Waals surface area contributed by atoms with E-state index in [9.17, 15) is 4.79 Å². The predicted molar refractivity (Wildman–Crippen MR) is 72.8 cm³/mol. The standard InChI is InChI=1S/C13H18ClN3O/c14-11-5-4-7-15-13(11)16-8-6-12(18)17-9-2-1-3-10-17/h4-5,7H,1-3,6,8-10H2,(H,15,16). The average Bonchev–Trinajstić information content (AvgIpc) is 2.42. The van der Waals surface area contributed by atoms with Gasteiger partial charge in [-0.15, -0.1) is 0 Å². The molecule has 1 N–H and O–H groups in total. The molecule has 0 aliphatic carbocycles. The molecule has 1 aromatic rings. The molecule has 0 aromatic carbocycles. The number of nitrogens with zero attached hydrogens (tertiary/aromatic N) is 2. The van der Waals surface area contributed by atoms with Gasteiger partial charge in [-0.1, -0.05) is 11.6 Å². The SMILES string of the molecule is O=C(CCNc1ncccc1Cl)N1CCCCC1. The van der Waals surface area contributed by atoms with Crippen molar-refractivity contribution in [1.29, 1.82) is 0 Å². The fraction of sp³-hybridized carbons (Fsp3) is 0.538. The Morgan fingerprint density at radius 3 is 2.89 bits per heavy atom. The van der Waals surface area contributed by atoms with E-state index in [1.54, 1.807) is 18.3 Å². The lowest BCUT2D eigenvalue weighted by atomic mass is 10.1. The minimum Gasteiger partial charge on any atom is -0.368 e. The smallest absolute Gasteiger partial charge is 0.224 e. The number of amides is 1. The molecule has 0 saturated carbocycles. The molecule has 1 amide bonds. The Hall–Kier alpha value is -1.29. The normalized spacial score (nSPS) is 15.5. The van der Waals surface area contributed by atoms with Gasteiger partial charge in [0.05, 0.1) is 5.02 Å². The van der Waals surface area contributed by atoms with Gasteiger partial charge < -0.3 is 10.2 Å². The summed E-state index contributed by atoms with van der Waals surface area (Å²) in [6, 6.07) is 3.57. The molecule has 2 rings (SSSR count). The van der Waals surface area contributed by atoms with Crippen LogP contribution in [0.15, 0.2) is 18.3 Å². The quantitative estimate of drug-likeness (QED) is 0.912. The molecule has 0 spiro atoms. The fourth-order valence-electron chi connectivity index (χ4n) is 2.11. The number of halogens is 1. The summed E-state index contributed by atoms with van der Waals surface area (Å²) in [6.07, 6.45) is 5.68. The van der Waals surface area contributed by atoms with Crippen molar-refractivity contribution in [2.45, 2.75) is 25.7 Å². The number of hydrogen-bond donors (Lipinski definition) is 1. The zero-order chi connectivity index (χ0) is 12.8. The van der Waals surface area contributed by atoms with E-state index in [4.69, 9.17) is 11.6 Å². The van der Waals surface area contributed by atoms with Gasteiger partial charge in [-0.05, 0) is 31.4 Å². The lowest BCUT2D eigenvalue weighted by Gasteiger charge is -2.26. The van der Waals surface area contributed by atoms with Gasteiger partial charge >= 0.3 is 0 Å². The number of carbonyl (C=O) groups excluding carboxylic acids is 1. The van der Waals surface area contributed by atoms with E-state index in [0.717, 1.165) is 25.9 Å². The van der Waals surface area contributed by atoms with Crippen LogP contribution in [0, 0.1) is 0 Å². The molecule has 5 heteroatoms. The first kappa shape index (κ1) is 13.1. The molecule has 1 aromatic heterocycles. The molecule has 1 fully saturated rings. The molecular weight excluding hydrogens is 250 g/mol. The third-order valence-electron chi connectivity index (χ3n) is 3.10. The highest BCUT2D eigenvalue weighted by atomic mass is 35.5. The second kappa shape index (κ2) is 6.59. The Kier molecular flexibility index (Phi) is 4.81. The van der Waals surface area contributed by atoms with Crippen LogP contribution in [0.5, 0.6) is 0 Å². The van der Waals surface area contributed by atoms with Gasteiger partial charge in [0.1, 0.15) is 5.82 Å². The molecule has 98 valence electrons. The number of anilines is 1. The third kappa shape index (κ3) is 3.60. The number of pyridine rings is 1. The van der Waals surface area contributed by atoms with Crippen molar-refractivity contribution >= 4 is 23.3 Å². The zero-order valence-corrected chi connectivity index (χ0v) is 11.1. The van der Waals surface area contributed by atoms with Gasteiger partial charge in [0.2, 0.25) is 5.91 Å². The van der Waals surface area contributed by atoms with Gasteiger partial charge in [0.15, 0.2) is 0 Å². The van der Waals surface area contributed by atoms with Crippen molar-refractivity contribution in [3.8, 4) is 0 Å². The van der Waals surface area contributed by atoms with Crippen LogP contribution in [0.2, 0.25) is 5.02 Å². The number of likely N-dealkylation sites (tertiary alicyclic amines) is 1. The van der Waals surface area contributed by atoms with Crippen molar-refractivity contribution in [3.05, 3.63) is 23.4 Å². The summed E-state index contributed by atoms with van der Waals surface area (Å²) >= 11 is 5.97.